The highest BCUT2D eigenvalue weighted by molar-refractivity contribution is 14.1. The summed E-state index contributed by atoms with van der Waals surface area (Å²) in [6, 6.07) is 15.3. The number of amides is 1. The summed E-state index contributed by atoms with van der Waals surface area (Å²) in [5.41, 5.74) is 8.70. The maximum absolute atomic E-state index is 13.0. The van der Waals surface area contributed by atoms with E-state index in [4.69, 9.17) is 10.2 Å². The van der Waals surface area contributed by atoms with Gasteiger partial charge in [-0.2, -0.15) is 0 Å². The summed E-state index contributed by atoms with van der Waals surface area (Å²) in [6.07, 6.45) is 4.01. The number of rotatable bonds is 6. The molecule has 3 heterocycles. The van der Waals surface area contributed by atoms with Gasteiger partial charge in [-0.15, -0.1) is 5.10 Å². The van der Waals surface area contributed by atoms with Crippen LogP contribution in [0.5, 0.6) is 0 Å². The summed E-state index contributed by atoms with van der Waals surface area (Å²) < 4.78 is 7.45. The number of aromatic nitrogens is 3. The highest BCUT2D eigenvalue weighted by Crippen LogP contribution is 2.21. The van der Waals surface area contributed by atoms with Gasteiger partial charge < -0.3 is 15.1 Å². The van der Waals surface area contributed by atoms with E-state index in [2.05, 4.69) is 44.8 Å². The lowest BCUT2D eigenvalue weighted by molar-refractivity contribution is 0.0792. The molecule has 0 aliphatic carbocycles. The summed E-state index contributed by atoms with van der Waals surface area (Å²) in [6.45, 7) is 0.624. The molecule has 1 amide bonds. The number of carbonyl (C=O) groups is 1. The Kier molecular flexibility index (Phi) is 5.29. The largest absolute Gasteiger partial charge is 0.461 e. The van der Waals surface area contributed by atoms with E-state index in [1.54, 1.807) is 35.6 Å². The van der Waals surface area contributed by atoms with Gasteiger partial charge in [0.15, 0.2) is 11.4 Å². The lowest BCUT2D eigenvalue weighted by atomic mass is 10.1. The fourth-order valence-electron chi connectivity index (χ4n) is 2.95. The van der Waals surface area contributed by atoms with Gasteiger partial charge in [0.25, 0.3) is 5.91 Å². The van der Waals surface area contributed by atoms with E-state index in [1.165, 1.54) is 10.1 Å². The molecule has 7 nitrogen and oxygen atoms in total. The van der Waals surface area contributed by atoms with Crippen molar-refractivity contribution >= 4 is 39.8 Å². The van der Waals surface area contributed by atoms with Gasteiger partial charge in [-0.25, -0.2) is 9.50 Å². The first-order valence-corrected chi connectivity index (χ1v) is 10.3. The number of pyridine rings is 1. The molecule has 1 aromatic carbocycles. The van der Waals surface area contributed by atoms with Crippen molar-refractivity contribution in [1.29, 1.82) is 0 Å². The molecule has 0 aliphatic heterocycles. The maximum atomic E-state index is 13.0. The molecule has 0 spiro atoms. The Bertz CT molecular complexity index is 1090. The van der Waals surface area contributed by atoms with Gasteiger partial charge in [-0.3, -0.25) is 4.79 Å². The minimum Gasteiger partial charge on any atom is -0.461 e. The monoisotopic (exact) mass is 487 g/mol. The molecule has 3 aromatic heterocycles. The highest BCUT2D eigenvalue weighted by atomic mass is 127. The zero-order valence-corrected chi connectivity index (χ0v) is 17.1. The molecule has 0 atom stereocenters. The minimum absolute atomic E-state index is 0.0889. The molecule has 0 aliphatic rings. The Morgan fingerprint density at radius 3 is 2.75 bits per heavy atom. The second-order valence-corrected chi connectivity index (χ2v) is 6.97. The van der Waals surface area contributed by atoms with Crippen LogP contribution < -0.4 is 5.73 Å². The number of fused-ring (bicyclic) bond motifs is 1. The summed E-state index contributed by atoms with van der Waals surface area (Å²) in [4.78, 5) is 19.2. The van der Waals surface area contributed by atoms with E-state index in [0.29, 0.717) is 39.6 Å². The molecule has 0 fully saturated rings. The number of nitrogen functional groups attached to an aromatic ring is 1. The van der Waals surface area contributed by atoms with E-state index >= 15 is 0 Å². The van der Waals surface area contributed by atoms with Crippen molar-refractivity contribution in [2.75, 3.05) is 16.8 Å². The summed E-state index contributed by atoms with van der Waals surface area (Å²) in [5, 5.41) is 4.40. The van der Waals surface area contributed by atoms with Crippen LogP contribution in [-0.4, -0.2) is 36.5 Å². The van der Waals surface area contributed by atoms with Crippen LogP contribution in [0.4, 0.5) is 5.69 Å². The van der Waals surface area contributed by atoms with Gasteiger partial charge in [0, 0.05) is 12.7 Å². The van der Waals surface area contributed by atoms with Crippen LogP contribution in [0.15, 0.2) is 65.4 Å². The van der Waals surface area contributed by atoms with Crippen molar-refractivity contribution in [2.45, 2.75) is 6.42 Å². The average Bonchev–Trinajstić information content (AvgIpc) is 3.39. The number of alkyl halides is 1. The Labute approximate surface area is 175 Å². The van der Waals surface area contributed by atoms with Crippen molar-refractivity contribution in [3.05, 3.63) is 72.1 Å². The molecule has 0 unspecified atom stereocenters. The fourth-order valence-corrected chi connectivity index (χ4v) is 3.60. The lowest BCUT2D eigenvalue weighted by Gasteiger charge is -2.20. The first-order valence-electron chi connectivity index (χ1n) is 8.74. The van der Waals surface area contributed by atoms with E-state index in [-0.39, 0.29) is 5.91 Å². The number of benzene rings is 1. The molecule has 0 bridgehead atoms. The number of hydrogen-bond acceptors (Lipinski definition) is 5. The van der Waals surface area contributed by atoms with Crippen LogP contribution >= 0.6 is 22.6 Å². The molecular formula is C20H18IN5O2. The first-order chi connectivity index (χ1) is 13.7. The third kappa shape index (κ3) is 3.72. The van der Waals surface area contributed by atoms with E-state index < -0.39 is 0 Å². The lowest BCUT2D eigenvalue weighted by Crippen LogP contribution is -2.32. The Hall–Kier alpha value is -2.88. The van der Waals surface area contributed by atoms with Crippen molar-refractivity contribution in [2.24, 2.45) is 0 Å². The van der Waals surface area contributed by atoms with Crippen molar-refractivity contribution in [3.63, 3.8) is 0 Å². The van der Waals surface area contributed by atoms with Gasteiger partial charge in [0.1, 0.15) is 0 Å². The van der Waals surface area contributed by atoms with E-state index in [0.717, 1.165) is 6.42 Å². The van der Waals surface area contributed by atoms with Crippen molar-refractivity contribution < 1.29 is 9.21 Å². The van der Waals surface area contributed by atoms with E-state index in [9.17, 15) is 4.79 Å². The number of nitrogens with two attached hydrogens (primary N) is 1. The van der Waals surface area contributed by atoms with Gasteiger partial charge in [-0.1, -0.05) is 52.9 Å². The zero-order chi connectivity index (χ0) is 19.5. The molecule has 8 heteroatoms. The predicted octanol–water partition coefficient (Wildman–Crippen LogP) is 3.65. The van der Waals surface area contributed by atoms with Crippen molar-refractivity contribution in [3.8, 4) is 11.6 Å². The Morgan fingerprint density at radius 1 is 1.21 bits per heavy atom. The summed E-state index contributed by atoms with van der Waals surface area (Å²) in [5.74, 6) is 0.887. The minimum atomic E-state index is -0.0889. The second-order valence-electron chi connectivity index (χ2n) is 6.29. The number of halogens is 1. The quantitative estimate of drug-likeness (QED) is 0.255. The Morgan fingerprint density at radius 2 is 2.04 bits per heavy atom. The topological polar surface area (TPSA) is 89.7 Å². The smallest absolute Gasteiger partial charge is 0.256 e. The predicted molar refractivity (Wildman–Crippen MR) is 115 cm³/mol. The molecule has 2 N–H and O–H groups in total. The van der Waals surface area contributed by atoms with Crippen LogP contribution in [0.2, 0.25) is 0 Å². The number of carbonyl (C=O) groups excluding carboxylic acids is 1. The fraction of sp³-hybridized carbons (Fsp3) is 0.150. The SMILES string of the molecule is Nc1cc(C(=O)N(CI)CCc2ccccc2)cn2nc(-c3ccco3)nc12. The number of hydrogen-bond donors (Lipinski definition) is 1. The molecule has 0 radical (unpaired) electrons. The molecule has 4 rings (SSSR count). The highest BCUT2D eigenvalue weighted by Gasteiger charge is 2.18. The van der Waals surface area contributed by atoms with Gasteiger partial charge in [0.2, 0.25) is 5.82 Å². The second kappa shape index (κ2) is 8.01. The number of anilines is 1. The van der Waals surface area contributed by atoms with Crippen LogP contribution in [0.3, 0.4) is 0 Å². The molecule has 0 saturated heterocycles. The molecule has 0 saturated carbocycles. The van der Waals surface area contributed by atoms with Gasteiger partial charge >= 0.3 is 0 Å². The average molecular weight is 487 g/mol. The third-order valence-corrected chi connectivity index (χ3v) is 5.22. The normalized spacial score (nSPS) is 11.0. The molecule has 142 valence electrons. The van der Waals surface area contributed by atoms with Crippen LogP contribution in [0, 0.1) is 0 Å². The first kappa shape index (κ1) is 18.5. The van der Waals surface area contributed by atoms with Crippen LogP contribution in [0.25, 0.3) is 17.2 Å². The Balaban J connectivity index is 1.59. The molecular weight excluding hydrogens is 469 g/mol. The third-order valence-electron chi connectivity index (χ3n) is 4.40. The summed E-state index contributed by atoms with van der Waals surface area (Å²) >= 11 is 2.20. The maximum Gasteiger partial charge on any atom is 0.256 e. The standard InChI is InChI=1S/C20H18IN5O2/c21-13-25(9-8-14-5-2-1-3-6-14)20(27)15-11-16(22)19-23-18(24-26(19)12-15)17-7-4-10-28-17/h1-7,10-12H,8-9,13,22H2. The number of furan rings is 1. The molecule has 28 heavy (non-hydrogen) atoms. The number of nitrogens with zero attached hydrogens (tertiary/aromatic N) is 4. The van der Waals surface area contributed by atoms with E-state index in [1.807, 2.05) is 18.2 Å². The molecule has 4 aromatic rings. The van der Waals surface area contributed by atoms with Gasteiger partial charge in [0.05, 0.1) is 22.1 Å². The van der Waals surface area contributed by atoms with Crippen LogP contribution in [-0.2, 0) is 6.42 Å². The summed E-state index contributed by atoms with van der Waals surface area (Å²) in [7, 11) is 0. The van der Waals surface area contributed by atoms with Crippen molar-refractivity contribution in [1.82, 2.24) is 19.5 Å². The van der Waals surface area contributed by atoms with Gasteiger partial charge in [-0.05, 0) is 30.2 Å². The van der Waals surface area contributed by atoms with Crippen LogP contribution in [0.1, 0.15) is 15.9 Å². The zero-order valence-electron chi connectivity index (χ0n) is 15.0.